The topological polar surface area (TPSA) is 12.9 Å². The largest absolute Gasteiger partial charge is 0.228 e. The monoisotopic (exact) mass is 299 g/mol. The standard InChI is InChI=1S/C11H7FIN/c12-11-10(9(13)6-7-14-11)8-4-2-1-3-5-8/h1-7H. The first kappa shape index (κ1) is 9.58. The second kappa shape index (κ2) is 4.04. The lowest BCUT2D eigenvalue weighted by Crippen LogP contribution is -1.91. The van der Waals surface area contributed by atoms with Gasteiger partial charge in [0.2, 0.25) is 5.95 Å². The van der Waals surface area contributed by atoms with E-state index >= 15 is 0 Å². The highest BCUT2D eigenvalue weighted by Gasteiger charge is 2.08. The highest BCUT2D eigenvalue weighted by Crippen LogP contribution is 2.26. The Kier molecular flexibility index (Phi) is 2.77. The fourth-order valence-electron chi connectivity index (χ4n) is 1.28. The molecule has 0 fully saturated rings. The summed E-state index contributed by atoms with van der Waals surface area (Å²) in [5.41, 5.74) is 1.44. The molecule has 0 atom stereocenters. The SMILES string of the molecule is Fc1nccc(I)c1-c1ccccc1. The molecule has 0 unspecified atom stereocenters. The number of benzene rings is 1. The van der Waals surface area contributed by atoms with Crippen molar-refractivity contribution in [3.05, 3.63) is 52.1 Å². The van der Waals surface area contributed by atoms with Crippen molar-refractivity contribution < 1.29 is 4.39 Å². The minimum Gasteiger partial charge on any atom is -0.228 e. The van der Waals surface area contributed by atoms with Gasteiger partial charge < -0.3 is 0 Å². The molecule has 2 rings (SSSR count). The van der Waals surface area contributed by atoms with Gasteiger partial charge in [-0.1, -0.05) is 30.3 Å². The summed E-state index contributed by atoms with van der Waals surface area (Å²) in [6.45, 7) is 0. The van der Waals surface area contributed by atoms with Crippen molar-refractivity contribution >= 4 is 22.6 Å². The number of nitrogens with zero attached hydrogens (tertiary/aromatic N) is 1. The number of pyridine rings is 1. The molecule has 1 heterocycles. The van der Waals surface area contributed by atoms with Crippen LogP contribution in [0.4, 0.5) is 4.39 Å². The van der Waals surface area contributed by atoms with Crippen LogP contribution in [0.5, 0.6) is 0 Å². The lowest BCUT2D eigenvalue weighted by molar-refractivity contribution is 0.586. The molecule has 1 aromatic carbocycles. The maximum atomic E-state index is 13.4. The molecule has 0 spiro atoms. The molecule has 0 N–H and O–H groups in total. The molecule has 0 aliphatic heterocycles. The predicted octanol–water partition coefficient (Wildman–Crippen LogP) is 3.49. The molecule has 14 heavy (non-hydrogen) atoms. The number of rotatable bonds is 1. The van der Waals surface area contributed by atoms with Crippen LogP contribution in [0.1, 0.15) is 0 Å². The molecule has 0 aliphatic carbocycles. The Morgan fingerprint density at radius 2 is 1.79 bits per heavy atom. The van der Waals surface area contributed by atoms with E-state index in [1.807, 2.05) is 30.3 Å². The van der Waals surface area contributed by atoms with Crippen molar-refractivity contribution in [3.63, 3.8) is 0 Å². The Hall–Kier alpha value is -0.970. The average Bonchev–Trinajstić information content (AvgIpc) is 2.19. The molecule has 1 aromatic heterocycles. The summed E-state index contributed by atoms with van der Waals surface area (Å²) >= 11 is 2.11. The van der Waals surface area contributed by atoms with Gasteiger partial charge in [0.25, 0.3) is 0 Å². The van der Waals surface area contributed by atoms with E-state index in [-0.39, 0.29) is 0 Å². The van der Waals surface area contributed by atoms with Crippen LogP contribution in [0.2, 0.25) is 0 Å². The Morgan fingerprint density at radius 1 is 1.07 bits per heavy atom. The summed E-state index contributed by atoms with van der Waals surface area (Å²) in [5.74, 6) is -0.414. The van der Waals surface area contributed by atoms with Crippen molar-refractivity contribution in [1.29, 1.82) is 0 Å². The lowest BCUT2D eigenvalue weighted by Gasteiger charge is -2.04. The smallest absolute Gasteiger partial charge is 0.221 e. The summed E-state index contributed by atoms with van der Waals surface area (Å²) in [4.78, 5) is 3.64. The van der Waals surface area contributed by atoms with E-state index in [1.165, 1.54) is 6.20 Å². The average molecular weight is 299 g/mol. The lowest BCUT2D eigenvalue weighted by atomic mass is 10.1. The minimum atomic E-state index is -0.414. The van der Waals surface area contributed by atoms with Crippen molar-refractivity contribution in [1.82, 2.24) is 4.98 Å². The van der Waals surface area contributed by atoms with Crippen LogP contribution in [-0.4, -0.2) is 4.98 Å². The van der Waals surface area contributed by atoms with Crippen LogP contribution in [0, 0.1) is 9.52 Å². The maximum absolute atomic E-state index is 13.4. The quantitative estimate of drug-likeness (QED) is 0.580. The highest BCUT2D eigenvalue weighted by atomic mass is 127. The highest BCUT2D eigenvalue weighted by molar-refractivity contribution is 14.1. The third-order valence-corrected chi connectivity index (χ3v) is 2.82. The molecular weight excluding hydrogens is 292 g/mol. The zero-order chi connectivity index (χ0) is 9.97. The van der Waals surface area contributed by atoms with E-state index in [0.717, 1.165) is 9.13 Å². The molecule has 70 valence electrons. The van der Waals surface area contributed by atoms with Gasteiger partial charge in [-0.25, -0.2) is 4.98 Å². The fraction of sp³-hybridized carbons (Fsp3) is 0. The van der Waals surface area contributed by atoms with Crippen LogP contribution >= 0.6 is 22.6 Å². The molecule has 0 bridgehead atoms. The summed E-state index contributed by atoms with van der Waals surface area (Å²) in [7, 11) is 0. The van der Waals surface area contributed by atoms with Crippen molar-refractivity contribution in [3.8, 4) is 11.1 Å². The van der Waals surface area contributed by atoms with Crippen LogP contribution in [0.3, 0.4) is 0 Å². The van der Waals surface area contributed by atoms with E-state index in [2.05, 4.69) is 27.6 Å². The summed E-state index contributed by atoms with van der Waals surface area (Å²) in [5, 5.41) is 0. The van der Waals surface area contributed by atoms with Crippen LogP contribution < -0.4 is 0 Å². The zero-order valence-corrected chi connectivity index (χ0v) is 9.40. The van der Waals surface area contributed by atoms with Gasteiger partial charge in [-0.2, -0.15) is 4.39 Å². The van der Waals surface area contributed by atoms with Gasteiger partial charge in [-0.15, -0.1) is 0 Å². The minimum absolute atomic E-state index is 0.414. The van der Waals surface area contributed by atoms with E-state index < -0.39 is 5.95 Å². The van der Waals surface area contributed by atoms with Gasteiger partial charge in [-0.3, -0.25) is 0 Å². The Morgan fingerprint density at radius 3 is 2.43 bits per heavy atom. The van der Waals surface area contributed by atoms with E-state index in [4.69, 9.17) is 0 Å². The van der Waals surface area contributed by atoms with Crippen LogP contribution in [0.25, 0.3) is 11.1 Å². The van der Waals surface area contributed by atoms with Gasteiger partial charge in [0, 0.05) is 9.77 Å². The van der Waals surface area contributed by atoms with Gasteiger partial charge in [0.1, 0.15) is 0 Å². The molecule has 0 aliphatic rings. The van der Waals surface area contributed by atoms with E-state index in [1.54, 1.807) is 6.07 Å². The number of hydrogen-bond acceptors (Lipinski definition) is 1. The van der Waals surface area contributed by atoms with Crippen LogP contribution in [0.15, 0.2) is 42.6 Å². The second-order valence-corrected chi connectivity index (χ2v) is 3.99. The first-order valence-corrected chi connectivity index (χ1v) is 5.22. The van der Waals surface area contributed by atoms with Crippen LogP contribution in [-0.2, 0) is 0 Å². The Balaban J connectivity index is 2.63. The summed E-state index contributed by atoms with van der Waals surface area (Å²) < 4.78 is 14.3. The number of hydrogen-bond donors (Lipinski definition) is 0. The first-order valence-electron chi connectivity index (χ1n) is 4.14. The molecule has 1 nitrogen and oxygen atoms in total. The third-order valence-electron chi connectivity index (χ3n) is 1.92. The molecule has 0 amide bonds. The number of aromatic nitrogens is 1. The second-order valence-electron chi connectivity index (χ2n) is 2.82. The summed E-state index contributed by atoms with van der Waals surface area (Å²) in [6.07, 6.45) is 1.48. The molecule has 0 saturated carbocycles. The molecule has 3 heteroatoms. The molecular formula is C11H7FIN. The summed E-state index contributed by atoms with van der Waals surface area (Å²) in [6, 6.07) is 11.2. The Labute approximate surface area is 95.1 Å². The first-order chi connectivity index (χ1) is 6.79. The molecule has 2 aromatic rings. The zero-order valence-electron chi connectivity index (χ0n) is 7.24. The van der Waals surface area contributed by atoms with Crippen molar-refractivity contribution in [2.24, 2.45) is 0 Å². The Bertz CT molecular complexity index is 422. The van der Waals surface area contributed by atoms with Gasteiger partial charge in [-0.05, 0) is 34.2 Å². The van der Waals surface area contributed by atoms with Crippen molar-refractivity contribution in [2.45, 2.75) is 0 Å². The maximum Gasteiger partial charge on any atom is 0.221 e. The van der Waals surface area contributed by atoms with Gasteiger partial charge in [0.05, 0.1) is 5.56 Å². The normalized spacial score (nSPS) is 10.1. The van der Waals surface area contributed by atoms with Crippen molar-refractivity contribution in [2.75, 3.05) is 0 Å². The fourth-order valence-corrected chi connectivity index (χ4v) is 1.97. The number of halogens is 2. The molecule has 0 saturated heterocycles. The predicted molar refractivity (Wildman–Crippen MR) is 62.3 cm³/mol. The molecule has 0 radical (unpaired) electrons. The van der Waals surface area contributed by atoms with Gasteiger partial charge in [0.15, 0.2) is 0 Å². The van der Waals surface area contributed by atoms with Gasteiger partial charge >= 0.3 is 0 Å². The van der Waals surface area contributed by atoms with E-state index in [0.29, 0.717) is 5.56 Å². The third kappa shape index (κ3) is 1.77. The van der Waals surface area contributed by atoms with E-state index in [9.17, 15) is 4.39 Å².